The Morgan fingerprint density at radius 3 is 2.73 bits per heavy atom. The van der Waals surface area contributed by atoms with Gasteiger partial charge in [-0.05, 0) is 17.5 Å². The fourth-order valence-electron chi connectivity index (χ4n) is 1.24. The summed E-state index contributed by atoms with van der Waals surface area (Å²) < 4.78 is 4.98. The van der Waals surface area contributed by atoms with Gasteiger partial charge in [-0.2, -0.15) is 0 Å². The Morgan fingerprint density at radius 2 is 2.27 bits per heavy atom. The van der Waals surface area contributed by atoms with E-state index in [9.17, 15) is 10.1 Å². The first kappa shape index (κ1) is 12.0. The number of methoxy groups -OCH3 is 1. The lowest BCUT2D eigenvalue weighted by Crippen LogP contribution is -1.98. The van der Waals surface area contributed by atoms with Crippen LogP contribution in [0.25, 0.3) is 0 Å². The molecule has 0 aliphatic carbocycles. The minimum atomic E-state index is -0.443. The summed E-state index contributed by atoms with van der Waals surface area (Å²) in [6, 6.07) is 4.95. The van der Waals surface area contributed by atoms with Crippen LogP contribution in [-0.2, 0) is 0 Å². The molecule has 1 aromatic rings. The molecule has 0 heterocycles. The molecular weight excluding hydrogens is 262 g/mol. The normalized spacial score (nSPS) is 12.2. The Hall–Kier alpha value is -1.10. The highest BCUT2D eigenvalue weighted by molar-refractivity contribution is 9.09. The monoisotopic (exact) mass is 273 g/mol. The molecule has 5 heteroatoms. The van der Waals surface area contributed by atoms with Crippen LogP contribution in [0.2, 0.25) is 0 Å². The molecule has 0 saturated heterocycles. The van der Waals surface area contributed by atoms with Gasteiger partial charge in [0.25, 0.3) is 0 Å². The number of halogens is 1. The lowest BCUT2D eigenvalue weighted by Gasteiger charge is -2.09. The summed E-state index contributed by atoms with van der Waals surface area (Å²) in [6.07, 6.45) is 0. The van der Waals surface area contributed by atoms with Crippen molar-refractivity contribution in [2.24, 2.45) is 0 Å². The lowest BCUT2D eigenvalue weighted by molar-refractivity contribution is -0.385. The molecule has 0 N–H and O–H groups in total. The third-order valence-electron chi connectivity index (χ3n) is 2.20. The zero-order chi connectivity index (χ0) is 11.4. The molecule has 15 heavy (non-hydrogen) atoms. The molecule has 1 atom stereocenters. The minimum absolute atomic E-state index is 0.00280. The highest BCUT2D eigenvalue weighted by Gasteiger charge is 2.16. The van der Waals surface area contributed by atoms with Crippen LogP contribution < -0.4 is 4.74 Å². The first-order valence-electron chi connectivity index (χ1n) is 4.48. The summed E-state index contributed by atoms with van der Waals surface area (Å²) in [5.41, 5.74) is 1.03. The number of alkyl halides is 1. The molecule has 0 aliphatic heterocycles. The number of hydrogen-bond donors (Lipinski definition) is 0. The Bertz CT molecular complexity index is 368. The number of hydrogen-bond acceptors (Lipinski definition) is 3. The first-order chi connectivity index (χ1) is 7.10. The highest BCUT2D eigenvalue weighted by Crippen LogP contribution is 2.30. The van der Waals surface area contributed by atoms with Crippen molar-refractivity contribution in [1.82, 2.24) is 0 Å². The summed E-state index contributed by atoms with van der Waals surface area (Å²) in [6.45, 7) is 2.04. The number of ether oxygens (including phenoxy) is 1. The summed E-state index contributed by atoms with van der Waals surface area (Å²) in [5.74, 6) is 0.616. The van der Waals surface area contributed by atoms with Gasteiger partial charge in [0.1, 0.15) is 0 Å². The van der Waals surface area contributed by atoms with E-state index in [-0.39, 0.29) is 5.69 Å². The maximum atomic E-state index is 10.6. The fourth-order valence-corrected chi connectivity index (χ4v) is 1.61. The summed E-state index contributed by atoms with van der Waals surface area (Å²) >= 11 is 3.37. The molecule has 0 fully saturated rings. The number of benzene rings is 1. The standard InChI is InChI=1S/C10H12BrNO3/c1-7(6-11)8-3-4-9(12(13)14)10(5-8)15-2/h3-5,7H,6H2,1-2H3. The van der Waals surface area contributed by atoms with Gasteiger partial charge in [-0.25, -0.2) is 0 Å². The van der Waals surface area contributed by atoms with Crippen molar-refractivity contribution in [3.8, 4) is 5.75 Å². The quantitative estimate of drug-likeness (QED) is 0.481. The Kier molecular flexibility index (Phi) is 4.08. The van der Waals surface area contributed by atoms with Crippen LogP contribution in [0.3, 0.4) is 0 Å². The van der Waals surface area contributed by atoms with Crippen LogP contribution in [0.4, 0.5) is 5.69 Å². The second-order valence-electron chi connectivity index (χ2n) is 3.24. The topological polar surface area (TPSA) is 52.4 Å². The van der Waals surface area contributed by atoms with E-state index in [1.165, 1.54) is 13.2 Å². The molecule has 0 amide bonds. The van der Waals surface area contributed by atoms with E-state index in [2.05, 4.69) is 15.9 Å². The number of nitro groups is 1. The van der Waals surface area contributed by atoms with E-state index in [0.29, 0.717) is 11.7 Å². The molecule has 0 aromatic heterocycles. The number of nitro benzene ring substituents is 1. The Morgan fingerprint density at radius 1 is 1.60 bits per heavy atom. The second kappa shape index (κ2) is 5.11. The molecule has 0 spiro atoms. The van der Waals surface area contributed by atoms with Gasteiger partial charge in [-0.1, -0.05) is 28.9 Å². The summed E-state index contributed by atoms with van der Waals surface area (Å²) in [4.78, 5) is 10.2. The van der Waals surface area contributed by atoms with Crippen molar-refractivity contribution in [1.29, 1.82) is 0 Å². The maximum absolute atomic E-state index is 10.6. The minimum Gasteiger partial charge on any atom is -0.490 e. The van der Waals surface area contributed by atoms with E-state index in [1.807, 2.05) is 6.92 Å². The zero-order valence-corrected chi connectivity index (χ0v) is 10.2. The van der Waals surface area contributed by atoms with Crippen LogP contribution in [0.5, 0.6) is 5.75 Å². The molecule has 82 valence electrons. The molecule has 1 aromatic carbocycles. The van der Waals surface area contributed by atoms with Gasteiger partial charge in [0, 0.05) is 11.4 Å². The molecule has 4 nitrogen and oxygen atoms in total. The molecule has 0 aliphatic rings. The van der Waals surface area contributed by atoms with Gasteiger partial charge >= 0.3 is 5.69 Å². The average Bonchev–Trinajstić information content (AvgIpc) is 2.26. The van der Waals surface area contributed by atoms with Crippen molar-refractivity contribution in [2.45, 2.75) is 12.8 Å². The third-order valence-corrected chi connectivity index (χ3v) is 3.17. The van der Waals surface area contributed by atoms with Crippen molar-refractivity contribution >= 4 is 21.6 Å². The predicted octanol–water partition coefficient (Wildman–Crippen LogP) is 3.10. The molecule has 1 rings (SSSR count). The van der Waals surface area contributed by atoms with Gasteiger partial charge < -0.3 is 4.74 Å². The number of rotatable bonds is 4. The third kappa shape index (κ3) is 2.68. The summed E-state index contributed by atoms with van der Waals surface area (Å²) in [5, 5.41) is 11.5. The van der Waals surface area contributed by atoms with Crippen molar-refractivity contribution < 1.29 is 9.66 Å². The van der Waals surface area contributed by atoms with E-state index >= 15 is 0 Å². The summed E-state index contributed by atoms with van der Waals surface area (Å²) in [7, 11) is 1.44. The maximum Gasteiger partial charge on any atom is 0.310 e. The molecule has 0 saturated carbocycles. The van der Waals surface area contributed by atoms with Crippen LogP contribution >= 0.6 is 15.9 Å². The first-order valence-corrected chi connectivity index (χ1v) is 5.60. The van der Waals surface area contributed by atoms with Crippen molar-refractivity contribution in [3.63, 3.8) is 0 Å². The van der Waals surface area contributed by atoms with Gasteiger partial charge in [0.05, 0.1) is 12.0 Å². The number of nitrogens with zero attached hydrogens (tertiary/aromatic N) is 1. The SMILES string of the molecule is COc1cc(C(C)CBr)ccc1[N+](=O)[O-]. The van der Waals surface area contributed by atoms with Crippen LogP contribution in [-0.4, -0.2) is 17.4 Å². The fraction of sp³-hybridized carbons (Fsp3) is 0.400. The average molecular weight is 274 g/mol. The van der Waals surface area contributed by atoms with Crippen molar-refractivity contribution in [2.75, 3.05) is 12.4 Å². The van der Waals surface area contributed by atoms with E-state index in [0.717, 1.165) is 10.9 Å². The van der Waals surface area contributed by atoms with E-state index in [1.54, 1.807) is 12.1 Å². The molecule has 0 radical (unpaired) electrons. The van der Waals surface area contributed by atoms with Gasteiger partial charge in [0.15, 0.2) is 5.75 Å². The second-order valence-corrected chi connectivity index (χ2v) is 3.89. The molecule has 1 unspecified atom stereocenters. The Labute approximate surface area is 96.5 Å². The Balaban J connectivity index is 3.13. The van der Waals surface area contributed by atoms with Gasteiger partial charge in [0.2, 0.25) is 0 Å². The predicted molar refractivity (Wildman–Crippen MR) is 61.9 cm³/mol. The van der Waals surface area contributed by atoms with E-state index < -0.39 is 4.92 Å². The van der Waals surface area contributed by atoms with E-state index in [4.69, 9.17) is 4.74 Å². The zero-order valence-electron chi connectivity index (χ0n) is 8.57. The highest BCUT2D eigenvalue weighted by atomic mass is 79.9. The largest absolute Gasteiger partial charge is 0.490 e. The molecule has 0 bridgehead atoms. The smallest absolute Gasteiger partial charge is 0.310 e. The lowest BCUT2D eigenvalue weighted by atomic mass is 10.0. The molecular formula is C10H12BrNO3. The van der Waals surface area contributed by atoms with Crippen LogP contribution in [0.15, 0.2) is 18.2 Å². The van der Waals surface area contributed by atoms with Gasteiger partial charge in [-0.15, -0.1) is 0 Å². The van der Waals surface area contributed by atoms with Crippen molar-refractivity contribution in [3.05, 3.63) is 33.9 Å². The van der Waals surface area contributed by atoms with Crippen LogP contribution in [0, 0.1) is 10.1 Å². The van der Waals surface area contributed by atoms with Gasteiger partial charge in [-0.3, -0.25) is 10.1 Å². The van der Waals surface area contributed by atoms with Crippen LogP contribution in [0.1, 0.15) is 18.4 Å².